The fourth-order valence-electron chi connectivity index (χ4n) is 4.25. The number of methoxy groups -OCH3 is 1. The van der Waals surface area contributed by atoms with Crippen molar-refractivity contribution in [2.24, 2.45) is 4.99 Å². The molecule has 0 aliphatic heterocycles. The number of aryl methyl sites for hydroxylation is 2. The highest BCUT2D eigenvalue weighted by Gasteiger charge is 2.20. The number of fused-ring (bicyclic) bond motifs is 1. The highest BCUT2D eigenvalue weighted by molar-refractivity contribution is 6.05. The summed E-state index contributed by atoms with van der Waals surface area (Å²) < 4.78 is 5.31. The number of aromatic amines is 1. The van der Waals surface area contributed by atoms with E-state index in [0.717, 1.165) is 39.2 Å². The zero-order chi connectivity index (χ0) is 25.5. The summed E-state index contributed by atoms with van der Waals surface area (Å²) in [7, 11) is 1.66. The topological polar surface area (TPSA) is 104 Å². The van der Waals surface area contributed by atoms with Crippen molar-refractivity contribution in [2.45, 2.75) is 39.5 Å². The van der Waals surface area contributed by atoms with Crippen LogP contribution >= 0.6 is 0 Å². The summed E-state index contributed by atoms with van der Waals surface area (Å²) in [4.78, 5) is 30.1. The summed E-state index contributed by atoms with van der Waals surface area (Å²) in [5.41, 5.74) is 4.78. The quantitative estimate of drug-likeness (QED) is 0.244. The summed E-state index contributed by atoms with van der Waals surface area (Å²) in [5.74, 6) is 1.13. The first kappa shape index (κ1) is 24.9. The van der Waals surface area contributed by atoms with Crippen molar-refractivity contribution in [3.63, 3.8) is 0 Å². The van der Waals surface area contributed by atoms with Crippen LogP contribution in [0.15, 0.2) is 65.8 Å². The Morgan fingerprint density at radius 2 is 1.83 bits per heavy atom. The molecular formula is C28H32N6O2. The van der Waals surface area contributed by atoms with Gasteiger partial charge in [-0.25, -0.2) is 9.97 Å². The molecule has 1 amide bonds. The first-order chi connectivity index (χ1) is 17.5. The molecule has 0 bridgehead atoms. The smallest absolute Gasteiger partial charge is 0.234 e. The lowest BCUT2D eigenvalue weighted by Gasteiger charge is -2.17. The predicted octanol–water partition coefficient (Wildman–Crippen LogP) is 4.90. The van der Waals surface area contributed by atoms with E-state index in [1.54, 1.807) is 7.11 Å². The second-order valence-corrected chi connectivity index (χ2v) is 8.67. The highest BCUT2D eigenvalue weighted by atomic mass is 16.5. The first-order valence-electron chi connectivity index (χ1n) is 12.1. The Labute approximate surface area is 211 Å². The van der Waals surface area contributed by atoms with Gasteiger partial charge in [-0.1, -0.05) is 37.3 Å². The molecule has 8 heteroatoms. The lowest BCUT2D eigenvalue weighted by molar-refractivity contribution is -0.121. The molecule has 3 N–H and O–H groups in total. The average Bonchev–Trinajstić information content (AvgIpc) is 3.26. The summed E-state index contributed by atoms with van der Waals surface area (Å²) in [6.07, 6.45) is 3.35. The number of amides is 1. The molecule has 36 heavy (non-hydrogen) atoms. The van der Waals surface area contributed by atoms with E-state index in [-0.39, 0.29) is 11.8 Å². The van der Waals surface area contributed by atoms with E-state index in [1.807, 2.05) is 81.6 Å². The molecule has 186 valence electrons. The summed E-state index contributed by atoms with van der Waals surface area (Å²) in [6.45, 7) is 6.28. The normalized spacial score (nSPS) is 12.4. The van der Waals surface area contributed by atoms with E-state index in [2.05, 4.69) is 25.6 Å². The van der Waals surface area contributed by atoms with Crippen molar-refractivity contribution in [3.8, 4) is 5.75 Å². The second kappa shape index (κ2) is 11.5. The van der Waals surface area contributed by atoms with Gasteiger partial charge in [0, 0.05) is 41.1 Å². The summed E-state index contributed by atoms with van der Waals surface area (Å²) >= 11 is 0. The molecule has 0 aliphatic rings. The number of hydrogen-bond acceptors (Lipinski definition) is 5. The number of ether oxygens (including phenoxy) is 1. The Balaban J connectivity index is 1.54. The molecule has 0 aliphatic carbocycles. The number of nitrogens with zero attached hydrogens (tertiary/aromatic N) is 3. The lowest BCUT2D eigenvalue weighted by Crippen LogP contribution is -2.39. The van der Waals surface area contributed by atoms with Crippen LogP contribution in [0, 0.1) is 13.8 Å². The number of carbonyl (C=O) groups is 1. The van der Waals surface area contributed by atoms with Crippen LogP contribution in [0.3, 0.4) is 0 Å². The van der Waals surface area contributed by atoms with Crippen LogP contribution in [-0.2, 0) is 11.2 Å². The fourth-order valence-corrected chi connectivity index (χ4v) is 4.25. The van der Waals surface area contributed by atoms with Gasteiger partial charge in [0.25, 0.3) is 0 Å². The number of aromatic nitrogens is 3. The molecule has 4 aromatic rings. The number of guanidine groups is 1. The monoisotopic (exact) mass is 484 g/mol. The zero-order valence-electron chi connectivity index (χ0n) is 21.1. The van der Waals surface area contributed by atoms with Gasteiger partial charge < -0.3 is 9.72 Å². The van der Waals surface area contributed by atoms with Crippen LogP contribution in [-0.4, -0.2) is 40.5 Å². The van der Waals surface area contributed by atoms with Crippen LogP contribution in [0.2, 0.25) is 0 Å². The van der Waals surface area contributed by atoms with Crippen LogP contribution in [0.1, 0.15) is 41.8 Å². The molecule has 0 radical (unpaired) electrons. The van der Waals surface area contributed by atoms with E-state index < -0.39 is 0 Å². The lowest BCUT2D eigenvalue weighted by atomic mass is 9.96. The first-order valence-corrected chi connectivity index (χ1v) is 12.1. The molecule has 0 unspecified atom stereocenters. The third-order valence-electron chi connectivity index (χ3n) is 6.01. The predicted molar refractivity (Wildman–Crippen MR) is 144 cm³/mol. The van der Waals surface area contributed by atoms with Gasteiger partial charge in [-0.3, -0.25) is 20.4 Å². The van der Waals surface area contributed by atoms with Crippen LogP contribution in [0.4, 0.5) is 5.95 Å². The van der Waals surface area contributed by atoms with Crippen molar-refractivity contribution in [1.29, 1.82) is 0 Å². The van der Waals surface area contributed by atoms with Gasteiger partial charge >= 0.3 is 0 Å². The van der Waals surface area contributed by atoms with Crippen molar-refractivity contribution in [2.75, 3.05) is 19.0 Å². The zero-order valence-corrected chi connectivity index (χ0v) is 21.1. The van der Waals surface area contributed by atoms with Gasteiger partial charge in [-0.2, -0.15) is 0 Å². The van der Waals surface area contributed by atoms with Gasteiger partial charge in [-0.05, 0) is 56.0 Å². The Morgan fingerprint density at radius 1 is 1.08 bits per heavy atom. The number of anilines is 1. The number of benzene rings is 2. The molecule has 2 heterocycles. The van der Waals surface area contributed by atoms with E-state index in [0.29, 0.717) is 31.3 Å². The Bertz CT molecular complexity index is 1340. The number of carbonyl (C=O) groups excluding carboxylic acids is 1. The maximum absolute atomic E-state index is 13.2. The maximum atomic E-state index is 13.2. The largest absolute Gasteiger partial charge is 0.497 e. The van der Waals surface area contributed by atoms with Crippen LogP contribution in [0.5, 0.6) is 5.75 Å². The van der Waals surface area contributed by atoms with E-state index in [9.17, 15) is 4.79 Å². The Kier molecular flexibility index (Phi) is 7.95. The van der Waals surface area contributed by atoms with E-state index in [4.69, 9.17) is 9.73 Å². The van der Waals surface area contributed by atoms with Gasteiger partial charge in [0.05, 0.1) is 13.0 Å². The molecule has 2 aromatic carbocycles. The Hall–Kier alpha value is -4.20. The van der Waals surface area contributed by atoms with E-state index >= 15 is 0 Å². The Morgan fingerprint density at radius 3 is 2.53 bits per heavy atom. The molecule has 1 atom stereocenters. The van der Waals surface area contributed by atoms with Gasteiger partial charge in [0.2, 0.25) is 17.8 Å². The minimum absolute atomic E-state index is 0.126. The molecule has 2 aromatic heterocycles. The second-order valence-electron chi connectivity index (χ2n) is 8.67. The number of nitrogens with one attached hydrogen (secondary N) is 3. The third-order valence-corrected chi connectivity index (χ3v) is 6.01. The minimum atomic E-state index is -0.290. The van der Waals surface area contributed by atoms with Gasteiger partial charge in [0.1, 0.15) is 5.75 Å². The maximum Gasteiger partial charge on any atom is 0.234 e. The molecule has 4 rings (SSSR count). The SMILES string of the molecule is CC[C@H](C(=O)NC(=NCCc1c[nH]c2cc(OC)ccc12)Nc1nc(C)cc(C)n1)c1ccccc1. The van der Waals surface area contributed by atoms with Crippen molar-refractivity contribution >= 4 is 28.7 Å². The molecule has 0 saturated heterocycles. The number of hydrogen-bond donors (Lipinski definition) is 3. The molecule has 8 nitrogen and oxygen atoms in total. The minimum Gasteiger partial charge on any atom is -0.497 e. The molecule has 0 spiro atoms. The molecular weight excluding hydrogens is 452 g/mol. The molecule has 0 fully saturated rings. The highest BCUT2D eigenvalue weighted by Crippen LogP contribution is 2.23. The third kappa shape index (κ3) is 6.07. The fraction of sp³-hybridized carbons (Fsp3) is 0.286. The van der Waals surface area contributed by atoms with E-state index in [1.165, 1.54) is 0 Å². The standard InChI is InChI=1S/C28H32N6O2/c1-5-23(20-9-7-6-8-10-20)26(35)33-27(34-28-31-18(2)15-19(3)32-28)29-14-13-21-17-30-25-16-22(36-4)11-12-24(21)25/h6-12,15-17,23,30H,5,13-14H2,1-4H3,(H2,29,31,32,33,34,35)/t23-/m0/s1. The average molecular weight is 485 g/mol. The summed E-state index contributed by atoms with van der Waals surface area (Å²) in [5, 5.41) is 7.23. The van der Waals surface area contributed by atoms with Crippen LogP contribution in [0.25, 0.3) is 10.9 Å². The van der Waals surface area contributed by atoms with Crippen molar-refractivity contribution in [3.05, 3.63) is 83.3 Å². The number of aliphatic imine (C=N–C) groups is 1. The van der Waals surface area contributed by atoms with Crippen molar-refractivity contribution < 1.29 is 9.53 Å². The summed E-state index contributed by atoms with van der Waals surface area (Å²) in [6, 6.07) is 17.6. The van der Waals surface area contributed by atoms with Crippen molar-refractivity contribution in [1.82, 2.24) is 20.3 Å². The number of rotatable bonds is 8. The number of H-pyrrole nitrogens is 1. The van der Waals surface area contributed by atoms with Crippen LogP contribution < -0.4 is 15.4 Å². The molecule has 0 saturated carbocycles. The van der Waals surface area contributed by atoms with Gasteiger partial charge in [0.15, 0.2) is 0 Å². The van der Waals surface area contributed by atoms with Gasteiger partial charge in [-0.15, -0.1) is 0 Å².